The molecule has 0 aliphatic rings. The first kappa shape index (κ1) is 13.5. The Morgan fingerprint density at radius 1 is 1.38 bits per heavy atom. The number of benzene rings is 1. The van der Waals surface area contributed by atoms with Gasteiger partial charge in [-0.05, 0) is 37.1 Å². The van der Waals surface area contributed by atoms with Crippen LogP contribution in [0.4, 0.5) is 0 Å². The second kappa shape index (κ2) is 7.63. The third-order valence-corrected chi connectivity index (χ3v) is 2.70. The highest BCUT2D eigenvalue weighted by Crippen LogP contribution is 2.16. The van der Waals surface area contributed by atoms with Crippen LogP contribution in [-0.4, -0.2) is 24.8 Å². The summed E-state index contributed by atoms with van der Waals surface area (Å²) < 4.78 is 0. The van der Waals surface area contributed by atoms with Crippen molar-refractivity contribution >= 4 is 11.6 Å². The summed E-state index contributed by atoms with van der Waals surface area (Å²) in [7, 11) is 0. The van der Waals surface area contributed by atoms with Gasteiger partial charge in [0.15, 0.2) is 0 Å². The van der Waals surface area contributed by atoms with Gasteiger partial charge < -0.3 is 16.2 Å². The highest BCUT2D eigenvalue weighted by Gasteiger charge is 2.08. The van der Waals surface area contributed by atoms with Crippen LogP contribution >= 0.6 is 11.6 Å². The zero-order valence-electron chi connectivity index (χ0n) is 9.32. The zero-order valence-corrected chi connectivity index (χ0v) is 10.1. The third kappa shape index (κ3) is 4.49. The number of hydrogen-bond donors (Lipinski definition) is 3. The summed E-state index contributed by atoms with van der Waals surface area (Å²) in [5, 5.41) is 12.8. The molecule has 4 heteroatoms. The molecule has 1 atom stereocenters. The van der Waals surface area contributed by atoms with Crippen molar-refractivity contribution in [2.75, 3.05) is 19.7 Å². The number of aliphatic hydroxyl groups excluding tert-OH is 1. The number of aliphatic hydroxyl groups is 1. The summed E-state index contributed by atoms with van der Waals surface area (Å²) in [5.41, 5.74) is 6.82. The Morgan fingerprint density at radius 2 is 2.19 bits per heavy atom. The zero-order chi connectivity index (χ0) is 11.8. The molecule has 1 rings (SSSR count). The summed E-state index contributed by atoms with van der Waals surface area (Å²) in [6, 6.07) is 7.86. The first-order valence-corrected chi connectivity index (χ1v) is 5.95. The molecule has 0 saturated carbocycles. The van der Waals surface area contributed by atoms with E-state index in [2.05, 4.69) is 5.32 Å². The molecule has 4 N–H and O–H groups in total. The van der Waals surface area contributed by atoms with Gasteiger partial charge in [0.05, 0.1) is 0 Å². The van der Waals surface area contributed by atoms with Crippen molar-refractivity contribution in [3.63, 3.8) is 0 Å². The molecular formula is C12H19ClN2O. The number of halogens is 1. The van der Waals surface area contributed by atoms with Gasteiger partial charge in [0, 0.05) is 24.2 Å². The van der Waals surface area contributed by atoms with Crippen molar-refractivity contribution in [3.8, 4) is 0 Å². The number of nitrogens with one attached hydrogen (secondary N) is 1. The van der Waals surface area contributed by atoms with Crippen molar-refractivity contribution in [1.82, 2.24) is 5.32 Å². The third-order valence-electron chi connectivity index (χ3n) is 2.46. The van der Waals surface area contributed by atoms with Crippen LogP contribution in [0.1, 0.15) is 24.4 Å². The van der Waals surface area contributed by atoms with Crippen molar-refractivity contribution in [2.45, 2.75) is 18.9 Å². The Hall–Kier alpha value is -0.610. The van der Waals surface area contributed by atoms with Gasteiger partial charge in [0.2, 0.25) is 0 Å². The minimum absolute atomic E-state index is 0.136. The van der Waals surface area contributed by atoms with Gasteiger partial charge >= 0.3 is 0 Å². The van der Waals surface area contributed by atoms with Crippen LogP contribution in [0.3, 0.4) is 0 Å². The smallest absolute Gasteiger partial charge is 0.0445 e. The van der Waals surface area contributed by atoms with Crippen LogP contribution < -0.4 is 11.1 Å². The van der Waals surface area contributed by atoms with Crippen LogP contribution in [0.25, 0.3) is 0 Å². The SMILES string of the molecule is NCC(NCCCCO)c1cccc(Cl)c1. The molecule has 1 unspecified atom stereocenters. The highest BCUT2D eigenvalue weighted by molar-refractivity contribution is 6.30. The van der Waals surface area contributed by atoms with E-state index in [0.717, 1.165) is 30.0 Å². The average Bonchev–Trinajstić information content (AvgIpc) is 2.29. The molecule has 0 fully saturated rings. The first-order valence-electron chi connectivity index (χ1n) is 5.57. The van der Waals surface area contributed by atoms with E-state index in [4.69, 9.17) is 22.4 Å². The lowest BCUT2D eigenvalue weighted by molar-refractivity contribution is 0.282. The Balaban J connectivity index is 2.47. The highest BCUT2D eigenvalue weighted by atomic mass is 35.5. The molecular weight excluding hydrogens is 224 g/mol. The monoisotopic (exact) mass is 242 g/mol. The van der Waals surface area contributed by atoms with Crippen molar-refractivity contribution in [3.05, 3.63) is 34.9 Å². The quantitative estimate of drug-likeness (QED) is 0.638. The molecule has 16 heavy (non-hydrogen) atoms. The molecule has 0 amide bonds. The molecule has 3 nitrogen and oxygen atoms in total. The lowest BCUT2D eigenvalue weighted by Gasteiger charge is -2.17. The lowest BCUT2D eigenvalue weighted by Crippen LogP contribution is -2.29. The largest absolute Gasteiger partial charge is 0.396 e. The molecule has 1 aromatic carbocycles. The molecule has 0 spiro atoms. The van der Waals surface area contributed by atoms with Crippen LogP contribution in [0.2, 0.25) is 5.02 Å². The average molecular weight is 243 g/mol. The second-order valence-corrected chi connectivity index (χ2v) is 4.16. The fraction of sp³-hybridized carbons (Fsp3) is 0.500. The minimum atomic E-state index is 0.136. The standard InChI is InChI=1S/C12H19ClN2O/c13-11-5-3-4-10(8-11)12(9-14)15-6-1-2-7-16/h3-5,8,12,15-16H,1-2,6-7,9,14H2. The van der Waals surface area contributed by atoms with Crippen molar-refractivity contribution in [2.24, 2.45) is 5.73 Å². The molecule has 0 saturated heterocycles. The van der Waals surface area contributed by atoms with Gasteiger partial charge in [-0.25, -0.2) is 0 Å². The predicted molar refractivity (Wildman–Crippen MR) is 67.6 cm³/mol. The van der Waals surface area contributed by atoms with Crippen molar-refractivity contribution in [1.29, 1.82) is 0 Å². The van der Waals surface area contributed by atoms with E-state index in [1.165, 1.54) is 0 Å². The molecule has 90 valence electrons. The van der Waals surface area contributed by atoms with Gasteiger partial charge in [0.25, 0.3) is 0 Å². The van der Waals surface area contributed by atoms with E-state index in [-0.39, 0.29) is 12.6 Å². The summed E-state index contributed by atoms with van der Waals surface area (Å²) in [6.45, 7) is 1.64. The Morgan fingerprint density at radius 3 is 2.81 bits per heavy atom. The predicted octanol–water partition coefficient (Wildman–Crippen LogP) is 1.70. The van der Waals surface area contributed by atoms with Gasteiger partial charge in [-0.2, -0.15) is 0 Å². The van der Waals surface area contributed by atoms with E-state index < -0.39 is 0 Å². The van der Waals surface area contributed by atoms with E-state index in [1.54, 1.807) is 0 Å². The molecule has 0 aromatic heterocycles. The van der Waals surface area contributed by atoms with E-state index in [0.29, 0.717) is 6.54 Å². The molecule has 0 aliphatic heterocycles. The van der Waals surface area contributed by atoms with Gasteiger partial charge in [-0.1, -0.05) is 23.7 Å². The van der Waals surface area contributed by atoms with E-state index in [1.807, 2.05) is 24.3 Å². The number of rotatable bonds is 7. The van der Waals surface area contributed by atoms with Gasteiger partial charge in [-0.15, -0.1) is 0 Å². The van der Waals surface area contributed by atoms with Crippen molar-refractivity contribution < 1.29 is 5.11 Å². The minimum Gasteiger partial charge on any atom is -0.396 e. The van der Waals surface area contributed by atoms with Crippen LogP contribution in [0.15, 0.2) is 24.3 Å². The number of unbranched alkanes of at least 4 members (excludes halogenated alkanes) is 1. The second-order valence-electron chi connectivity index (χ2n) is 3.73. The first-order chi connectivity index (χ1) is 7.77. The lowest BCUT2D eigenvalue weighted by atomic mass is 10.1. The fourth-order valence-corrected chi connectivity index (χ4v) is 1.77. The Kier molecular flexibility index (Phi) is 6.42. The maximum atomic E-state index is 8.67. The maximum Gasteiger partial charge on any atom is 0.0445 e. The summed E-state index contributed by atoms with van der Waals surface area (Å²) >= 11 is 5.93. The number of nitrogens with two attached hydrogens (primary N) is 1. The summed E-state index contributed by atoms with van der Waals surface area (Å²) in [6.07, 6.45) is 1.77. The normalized spacial score (nSPS) is 12.7. The maximum absolute atomic E-state index is 8.67. The fourth-order valence-electron chi connectivity index (χ4n) is 1.57. The van der Waals surface area contributed by atoms with E-state index in [9.17, 15) is 0 Å². The van der Waals surface area contributed by atoms with Crippen LogP contribution in [0.5, 0.6) is 0 Å². The topological polar surface area (TPSA) is 58.3 Å². The van der Waals surface area contributed by atoms with Crippen LogP contribution in [0, 0.1) is 0 Å². The molecule has 1 aromatic rings. The molecule has 0 radical (unpaired) electrons. The van der Waals surface area contributed by atoms with Gasteiger partial charge in [-0.3, -0.25) is 0 Å². The van der Waals surface area contributed by atoms with E-state index >= 15 is 0 Å². The van der Waals surface area contributed by atoms with Gasteiger partial charge in [0.1, 0.15) is 0 Å². The van der Waals surface area contributed by atoms with Crippen LogP contribution in [-0.2, 0) is 0 Å². The summed E-state index contributed by atoms with van der Waals surface area (Å²) in [4.78, 5) is 0. The Labute approximate surface area is 102 Å². The molecule has 0 aliphatic carbocycles. The Bertz CT molecular complexity index is 307. The molecule has 0 heterocycles. The summed E-state index contributed by atoms with van der Waals surface area (Å²) in [5.74, 6) is 0. The molecule has 0 bridgehead atoms. The number of hydrogen-bond acceptors (Lipinski definition) is 3.